The monoisotopic (exact) mass is 346 g/mol. The van der Waals surface area contributed by atoms with Crippen LogP contribution in [0.4, 0.5) is 0 Å². The minimum absolute atomic E-state index is 0.248. The van der Waals surface area contributed by atoms with Crippen LogP contribution in [0.5, 0.6) is 0 Å². The first-order valence-corrected chi connectivity index (χ1v) is 7.42. The Bertz CT molecular complexity index is 642. The molecule has 0 saturated carbocycles. The normalized spacial score (nSPS) is 11.4. The predicted octanol–water partition coefficient (Wildman–Crippen LogP) is 3.73. The Hall–Kier alpha value is -2.01. The molecule has 108 valence electrons. The summed E-state index contributed by atoms with van der Waals surface area (Å²) in [5.41, 5.74) is 1.73. The maximum absolute atomic E-state index is 11.3. The number of aliphatic carboxylic acids is 1. The molecule has 4 nitrogen and oxygen atoms in total. The quantitative estimate of drug-likeness (QED) is 0.491. The van der Waals surface area contributed by atoms with Gasteiger partial charge in [-0.05, 0) is 59.5 Å². The zero-order valence-corrected chi connectivity index (χ0v) is 13.0. The number of unbranched alkanes of at least 4 members (excludes halogenated alkanes) is 1. The third-order valence-electron chi connectivity index (χ3n) is 2.93. The molecule has 0 aromatic carbocycles. The lowest BCUT2D eigenvalue weighted by Gasteiger charge is -2.02. The number of aryl methyl sites for hydroxylation is 1. The van der Waals surface area contributed by atoms with Crippen LogP contribution in [-0.4, -0.2) is 21.0 Å². The first kappa shape index (κ1) is 15.4. The molecule has 0 aliphatic carbocycles. The van der Waals surface area contributed by atoms with Crippen LogP contribution < -0.4 is 0 Å². The first-order valence-electron chi connectivity index (χ1n) is 6.63. The molecule has 21 heavy (non-hydrogen) atoms. The van der Waals surface area contributed by atoms with Gasteiger partial charge in [-0.1, -0.05) is 18.2 Å². The number of rotatable bonds is 6. The molecular weight excluding hydrogens is 332 g/mol. The molecule has 0 aliphatic rings. The van der Waals surface area contributed by atoms with E-state index in [1.807, 2.05) is 18.2 Å². The SMILES string of the molecule is O=C(O)C(=CCCCc1cccc(Br)n1)c1ccccn1. The molecule has 2 heterocycles. The number of carbonyl (C=O) groups is 1. The molecule has 2 aromatic heterocycles. The lowest BCUT2D eigenvalue weighted by Crippen LogP contribution is -2.01. The highest BCUT2D eigenvalue weighted by atomic mass is 79.9. The summed E-state index contributed by atoms with van der Waals surface area (Å²) in [6.07, 6.45) is 5.64. The zero-order chi connectivity index (χ0) is 15.1. The standard InChI is InChI=1S/C16H15BrN2O2/c17-15-10-5-7-12(19-15)6-1-2-8-13(16(20)21)14-9-3-4-11-18-14/h3-5,7-11H,1-2,6H2,(H,20,21). The molecule has 0 amide bonds. The van der Waals surface area contributed by atoms with Crippen LogP contribution in [0.1, 0.15) is 24.2 Å². The van der Waals surface area contributed by atoms with E-state index in [-0.39, 0.29) is 5.57 Å². The summed E-state index contributed by atoms with van der Waals surface area (Å²) in [6, 6.07) is 11.0. The minimum atomic E-state index is -0.950. The van der Waals surface area contributed by atoms with Crippen molar-refractivity contribution in [3.63, 3.8) is 0 Å². The van der Waals surface area contributed by atoms with Crippen LogP contribution in [-0.2, 0) is 11.2 Å². The molecule has 2 aromatic rings. The number of aromatic nitrogens is 2. The number of carboxylic acid groups (broad SMARTS) is 1. The van der Waals surface area contributed by atoms with Gasteiger partial charge in [-0.2, -0.15) is 0 Å². The van der Waals surface area contributed by atoms with Crippen molar-refractivity contribution in [3.05, 3.63) is 64.7 Å². The van der Waals surface area contributed by atoms with Crippen molar-refractivity contribution < 1.29 is 9.90 Å². The molecule has 0 bridgehead atoms. The summed E-state index contributed by atoms with van der Waals surface area (Å²) in [6.45, 7) is 0. The van der Waals surface area contributed by atoms with Gasteiger partial charge in [-0.25, -0.2) is 9.78 Å². The molecule has 0 radical (unpaired) electrons. The Morgan fingerprint density at radius 1 is 1.24 bits per heavy atom. The number of allylic oxidation sites excluding steroid dienone is 1. The zero-order valence-electron chi connectivity index (χ0n) is 11.4. The lowest BCUT2D eigenvalue weighted by atomic mass is 10.1. The van der Waals surface area contributed by atoms with Gasteiger partial charge in [0.05, 0.1) is 11.3 Å². The topological polar surface area (TPSA) is 63.1 Å². The van der Waals surface area contributed by atoms with E-state index < -0.39 is 5.97 Å². The van der Waals surface area contributed by atoms with Gasteiger partial charge < -0.3 is 5.11 Å². The number of halogens is 1. The molecule has 0 fully saturated rings. The van der Waals surface area contributed by atoms with Crippen LogP contribution in [0, 0.1) is 0 Å². The number of nitrogens with zero attached hydrogens (tertiary/aromatic N) is 2. The number of hydrogen-bond donors (Lipinski definition) is 1. The fourth-order valence-corrected chi connectivity index (χ4v) is 2.32. The van der Waals surface area contributed by atoms with Crippen molar-refractivity contribution in [1.29, 1.82) is 0 Å². The highest BCUT2D eigenvalue weighted by molar-refractivity contribution is 9.10. The predicted molar refractivity (Wildman–Crippen MR) is 84.7 cm³/mol. The fraction of sp³-hybridized carbons (Fsp3) is 0.188. The van der Waals surface area contributed by atoms with Gasteiger partial charge in [0.15, 0.2) is 0 Å². The van der Waals surface area contributed by atoms with Gasteiger partial charge in [0.1, 0.15) is 4.60 Å². The summed E-state index contributed by atoms with van der Waals surface area (Å²) < 4.78 is 0.815. The Morgan fingerprint density at radius 3 is 2.76 bits per heavy atom. The summed E-state index contributed by atoms with van der Waals surface area (Å²) in [7, 11) is 0. The van der Waals surface area contributed by atoms with Crippen molar-refractivity contribution in [3.8, 4) is 0 Å². The average molecular weight is 347 g/mol. The van der Waals surface area contributed by atoms with Crippen molar-refractivity contribution >= 4 is 27.5 Å². The third kappa shape index (κ3) is 4.79. The van der Waals surface area contributed by atoms with Gasteiger partial charge in [0, 0.05) is 11.9 Å². The highest BCUT2D eigenvalue weighted by Crippen LogP contribution is 2.14. The second-order valence-electron chi connectivity index (χ2n) is 4.48. The van der Waals surface area contributed by atoms with Gasteiger partial charge in [-0.15, -0.1) is 0 Å². The van der Waals surface area contributed by atoms with Gasteiger partial charge in [-0.3, -0.25) is 4.98 Å². The maximum atomic E-state index is 11.3. The van der Waals surface area contributed by atoms with Crippen molar-refractivity contribution in [2.75, 3.05) is 0 Å². The minimum Gasteiger partial charge on any atom is -0.478 e. The highest BCUT2D eigenvalue weighted by Gasteiger charge is 2.10. The van der Waals surface area contributed by atoms with E-state index in [0.717, 1.165) is 23.1 Å². The summed E-state index contributed by atoms with van der Waals surface area (Å²) in [4.78, 5) is 19.7. The Labute approximate surface area is 131 Å². The van der Waals surface area contributed by atoms with E-state index in [9.17, 15) is 9.90 Å². The molecule has 5 heteroatoms. The smallest absolute Gasteiger partial charge is 0.337 e. The van der Waals surface area contributed by atoms with Crippen LogP contribution in [0.2, 0.25) is 0 Å². The van der Waals surface area contributed by atoms with Crippen LogP contribution in [0.25, 0.3) is 5.57 Å². The second-order valence-corrected chi connectivity index (χ2v) is 5.29. The number of pyridine rings is 2. The summed E-state index contributed by atoms with van der Waals surface area (Å²) >= 11 is 3.33. The van der Waals surface area contributed by atoms with Gasteiger partial charge in [0.2, 0.25) is 0 Å². The number of carboxylic acids is 1. The van der Waals surface area contributed by atoms with E-state index in [1.54, 1.807) is 30.5 Å². The third-order valence-corrected chi connectivity index (χ3v) is 3.37. The van der Waals surface area contributed by atoms with Crippen molar-refractivity contribution in [2.24, 2.45) is 0 Å². The van der Waals surface area contributed by atoms with Gasteiger partial charge >= 0.3 is 5.97 Å². The molecule has 0 saturated heterocycles. The van der Waals surface area contributed by atoms with E-state index in [2.05, 4.69) is 25.9 Å². The van der Waals surface area contributed by atoms with Crippen molar-refractivity contribution in [1.82, 2.24) is 9.97 Å². The second kappa shape index (κ2) is 7.69. The fourth-order valence-electron chi connectivity index (χ4n) is 1.94. The molecular formula is C16H15BrN2O2. The van der Waals surface area contributed by atoms with Crippen LogP contribution in [0.15, 0.2) is 53.3 Å². The largest absolute Gasteiger partial charge is 0.478 e. The van der Waals surface area contributed by atoms with Crippen LogP contribution in [0.3, 0.4) is 0 Å². The van der Waals surface area contributed by atoms with Crippen molar-refractivity contribution in [2.45, 2.75) is 19.3 Å². The summed E-state index contributed by atoms with van der Waals surface area (Å²) in [5, 5.41) is 9.25. The van der Waals surface area contributed by atoms with E-state index >= 15 is 0 Å². The molecule has 0 atom stereocenters. The van der Waals surface area contributed by atoms with Gasteiger partial charge in [0.25, 0.3) is 0 Å². The molecule has 0 aliphatic heterocycles. The number of hydrogen-bond acceptors (Lipinski definition) is 3. The lowest BCUT2D eigenvalue weighted by molar-refractivity contribution is -0.130. The Morgan fingerprint density at radius 2 is 2.10 bits per heavy atom. The molecule has 0 unspecified atom stereocenters. The van der Waals surface area contributed by atoms with Crippen LogP contribution >= 0.6 is 15.9 Å². The molecule has 0 spiro atoms. The van der Waals surface area contributed by atoms with E-state index in [1.165, 1.54) is 0 Å². The Kier molecular flexibility index (Phi) is 5.63. The molecule has 2 rings (SSSR count). The molecule has 1 N–H and O–H groups in total. The Balaban J connectivity index is 1.97. The summed E-state index contributed by atoms with van der Waals surface area (Å²) in [5.74, 6) is -0.950. The van der Waals surface area contributed by atoms with E-state index in [4.69, 9.17) is 0 Å². The average Bonchev–Trinajstić information content (AvgIpc) is 2.48. The maximum Gasteiger partial charge on any atom is 0.337 e. The van der Waals surface area contributed by atoms with E-state index in [0.29, 0.717) is 12.1 Å². The first-order chi connectivity index (χ1) is 10.2.